The van der Waals surface area contributed by atoms with Crippen molar-refractivity contribution >= 4 is 10.8 Å². The summed E-state index contributed by atoms with van der Waals surface area (Å²) in [5, 5.41) is 2.39. The molecule has 1 heterocycles. The van der Waals surface area contributed by atoms with E-state index in [0.29, 0.717) is 6.54 Å². The van der Waals surface area contributed by atoms with E-state index in [9.17, 15) is 0 Å². The van der Waals surface area contributed by atoms with Gasteiger partial charge in [0.1, 0.15) is 0 Å². The van der Waals surface area contributed by atoms with Gasteiger partial charge in [-0.05, 0) is 28.1 Å². The van der Waals surface area contributed by atoms with Crippen LogP contribution < -0.4 is 5.73 Å². The standard InChI is InChI=1S/C16H14N2/c17-10-12-4-6-13(7-5-12)15-3-1-2-14-11-18-9-8-16(14)15/h1-9,11H,10,17H2. The predicted octanol–water partition coefficient (Wildman–Crippen LogP) is 3.36. The van der Waals surface area contributed by atoms with E-state index in [1.165, 1.54) is 16.5 Å². The first-order valence-corrected chi connectivity index (χ1v) is 6.00. The highest BCUT2D eigenvalue weighted by Gasteiger charge is 2.03. The fourth-order valence-electron chi connectivity index (χ4n) is 2.19. The van der Waals surface area contributed by atoms with Gasteiger partial charge in [0, 0.05) is 24.3 Å². The molecule has 88 valence electrons. The van der Waals surface area contributed by atoms with Gasteiger partial charge in [0.05, 0.1) is 0 Å². The molecule has 0 saturated carbocycles. The second-order valence-electron chi connectivity index (χ2n) is 4.30. The molecule has 0 bridgehead atoms. The molecule has 1 aromatic heterocycles. The summed E-state index contributed by atoms with van der Waals surface area (Å²) in [5.74, 6) is 0. The Labute approximate surface area is 106 Å². The highest BCUT2D eigenvalue weighted by Crippen LogP contribution is 2.28. The molecule has 0 aliphatic carbocycles. The summed E-state index contributed by atoms with van der Waals surface area (Å²) in [7, 11) is 0. The van der Waals surface area contributed by atoms with Gasteiger partial charge in [-0.15, -0.1) is 0 Å². The van der Waals surface area contributed by atoms with Gasteiger partial charge in [0.15, 0.2) is 0 Å². The van der Waals surface area contributed by atoms with Gasteiger partial charge in [0.2, 0.25) is 0 Å². The first-order chi connectivity index (χ1) is 8.88. The van der Waals surface area contributed by atoms with Gasteiger partial charge >= 0.3 is 0 Å². The number of hydrogen-bond acceptors (Lipinski definition) is 2. The fraction of sp³-hybridized carbons (Fsp3) is 0.0625. The van der Waals surface area contributed by atoms with E-state index in [1.54, 1.807) is 0 Å². The predicted molar refractivity (Wildman–Crippen MR) is 75.1 cm³/mol. The van der Waals surface area contributed by atoms with Gasteiger partial charge in [-0.25, -0.2) is 0 Å². The first kappa shape index (κ1) is 10.9. The molecule has 0 amide bonds. The Bertz CT molecular complexity index is 667. The van der Waals surface area contributed by atoms with Gasteiger partial charge in [-0.1, -0.05) is 42.5 Å². The number of fused-ring (bicyclic) bond motifs is 1. The van der Waals surface area contributed by atoms with Crippen molar-refractivity contribution in [1.29, 1.82) is 0 Å². The lowest BCUT2D eigenvalue weighted by atomic mass is 9.99. The Hall–Kier alpha value is -2.19. The molecule has 0 aliphatic rings. The molecule has 0 aliphatic heterocycles. The van der Waals surface area contributed by atoms with Crippen LogP contribution in [0.5, 0.6) is 0 Å². The molecule has 2 heteroatoms. The van der Waals surface area contributed by atoms with Crippen molar-refractivity contribution in [1.82, 2.24) is 4.98 Å². The third-order valence-corrected chi connectivity index (χ3v) is 3.18. The maximum Gasteiger partial charge on any atom is 0.0346 e. The quantitative estimate of drug-likeness (QED) is 0.738. The van der Waals surface area contributed by atoms with Crippen LogP contribution >= 0.6 is 0 Å². The van der Waals surface area contributed by atoms with Gasteiger partial charge in [-0.3, -0.25) is 4.98 Å². The normalized spacial score (nSPS) is 10.7. The van der Waals surface area contributed by atoms with E-state index in [1.807, 2.05) is 12.4 Å². The van der Waals surface area contributed by atoms with Crippen molar-refractivity contribution in [2.45, 2.75) is 6.54 Å². The largest absolute Gasteiger partial charge is 0.326 e. The summed E-state index contributed by atoms with van der Waals surface area (Å²) in [5.41, 5.74) is 9.22. The Kier molecular flexibility index (Phi) is 2.79. The summed E-state index contributed by atoms with van der Waals surface area (Å²) in [6, 6.07) is 16.7. The Balaban J connectivity index is 2.18. The topological polar surface area (TPSA) is 38.9 Å². The van der Waals surface area contributed by atoms with Gasteiger partial charge in [0.25, 0.3) is 0 Å². The number of nitrogens with two attached hydrogens (primary N) is 1. The van der Waals surface area contributed by atoms with Crippen LogP contribution in [-0.4, -0.2) is 4.98 Å². The summed E-state index contributed by atoms with van der Waals surface area (Å²) >= 11 is 0. The van der Waals surface area contributed by atoms with Crippen LogP contribution in [0, 0.1) is 0 Å². The minimum absolute atomic E-state index is 0.583. The van der Waals surface area contributed by atoms with Crippen LogP contribution in [0.4, 0.5) is 0 Å². The third-order valence-electron chi connectivity index (χ3n) is 3.18. The first-order valence-electron chi connectivity index (χ1n) is 6.00. The van der Waals surface area contributed by atoms with E-state index in [4.69, 9.17) is 5.73 Å². The average molecular weight is 234 g/mol. The van der Waals surface area contributed by atoms with Crippen LogP contribution in [0.15, 0.2) is 60.9 Å². The lowest BCUT2D eigenvalue weighted by Gasteiger charge is -2.07. The smallest absolute Gasteiger partial charge is 0.0346 e. The monoisotopic (exact) mass is 234 g/mol. The average Bonchev–Trinajstić information content (AvgIpc) is 2.47. The van der Waals surface area contributed by atoms with E-state index in [0.717, 1.165) is 10.9 Å². The number of benzene rings is 2. The van der Waals surface area contributed by atoms with Crippen molar-refractivity contribution in [3.8, 4) is 11.1 Å². The molecule has 18 heavy (non-hydrogen) atoms. The number of hydrogen-bond donors (Lipinski definition) is 1. The SMILES string of the molecule is NCc1ccc(-c2cccc3cnccc23)cc1. The molecule has 0 unspecified atom stereocenters. The van der Waals surface area contributed by atoms with E-state index in [-0.39, 0.29) is 0 Å². The van der Waals surface area contributed by atoms with Crippen molar-refractivity contribution < 1.29 is 0 Å². The number of aromatic nitrogens is 1. The highest BCUT2D eigenvalue weighted by molar-refractivity contribution is 5.96. The van der Waals surface area contributed by atoms with Crippen molar-refractivity contribution in [3.63, 3.8) is 0 Å². The highest BCUT2D eigenvalue weighted by atomic mass is 14.6. The molecule has 0 fully saturated rings. The zero-order chi connectivity index (χ0) is 12.4. The molecule has 3 rings (SSSR count). The number of rotatable bonds is 2. The van der Waals surface area contributed by atoms with Crippen LogP contribution in [-0.2, 0) is 6.54 Å². The maximum atomic E-state index is 5.62. The van der Waals surface area contributed by atoms with Crippen molar-refractivity contribution in [2.75, 3.05) is 0 Å². The lowest BCUT2D eigenvalue weighted by Crippen LogP contribution is -1.95. The summed E-state index contributed by atoms with van der Waals surface area (Å²) < 4.78 is 0. The molecule has 2 N–H and O–H groups in total. The molecule has 0 saturated heterocycles. The molecular weight excluding hydrogens is 220 g/mol. The molecule has 0 atom stereocenters. The third kappa shape index (κ3) is 1.87. The van der Waals surface area contributed by atoms with Crippen molar-refractivity contribution in [3.05, 3.63) is 66.5 Å². The zero-order valence-electron chi connectivity index (χ0n) is 10.0. The van der Waals surface area contributed by atoms with Crippen LogP contribution in [0.25, 0.3) is 21.9 Å². The minimum atomic E-state index is 0.583. The number of pyridine rings is 1. The second kappa shape index (κ2) is 4.59. The molecule has 2 aromatic carbocycles. The molecule has 3 aromatic rings. The van der Waals surface area contributed by atoms with E-state index >= 15 is 0 Å². The molecule has 2 nitrogen and oxygen atoms in total. The minimum Gasteiger partial charge on any atom is -0.326 e. The summed E-state index contributed by atoms with van der Waals surface area (Å²) in [6.07, 6.45) is 3.73. The fourth-order valence-corrected chi connectivity index (χ4v) is 2.19. The van der Waals surface area contributed by atoms with E-state index < -0.39 is 0 Å². The molecule has 0 spiro atoms. The Morgan fingerprint density at radius 3 is 2.56 bits per heavy atom. The van der Waals surface area contributed by atoms with Crippen molar-refractivity contribution in [2.24, 2.45) is 5.73 Å². The molecular formula is C16H14N2. The van der Waals surface area contributed by atoms with Crippen LogP contribution in [0.2, 0.25) is 0 Å². The van der Waals surface area contributed by atoms with Gasteiger partial charge in [-0.2, -0.15) is 0 Å². The van der Waals surface area contributed by atoms with Gasteiger partial charge < -0.3 is 5.73 Å². The summed E-state index contributed by atoms with van der Waals surface area (Å²) in [6.45, 7) is 0.583. The maximum absolute atomic E-state index is 5.62. The lowest BCUT2D eigenvalue weighted by molar-refractivity contribution is 1.07. The second-order valence-corrected chi connectivity index (χ2v) is 4.30. The van der Waals surface area contributed by atoms with Crippen LogP contribution in [0.3, 0.4) is 0 Å². The molecule has 0 radical (unpaired) electrons. The number of nitrogens with zero attached hydrogens (tertiary/aromatic N) is 1. The Morgan fingerprint density at radius 1 is 0.944 bits per heavy atom. The Morgan fingerprint density at radius 2 is 1.78 bits per heavy atom. The van der Waals surface area contributed by atoms with Crippen LogP contribution in [0.1, 0.15) is 5.56 Å². The van der Waals surface area contributed by atoms with E-state index in [2.05, 4.69) is 53.5 Å². The summed E-state index contributed by atoms with van der Waals surface area (Å²) in [4.78, 5) is 4.16. The zero-order valence-corrected chi connectivity index (χ0v) is 10.0.